The number of rotatable bonds is 5. The van der Waals surface area contributed by atoms with Crippen LogP contribution in [-0.4, -0.2) is 46.2 Å². The molecule has 1 spiro atoms. The van der Waals surface area contributed by atoms with Gasteiger partial charge in [-0.05, 0) is 25.3 Å². The van der Waals surface area contributed by atoms with Gasteiger partial charge < -0.3 is 14.7 Å². The molecule has 5 atom stereocenters. The molecule has 3 heterocycles. The van der Waals surface area contributed by atoms with Gasteiger partial charge in [-0.1, -0.05) is 42.5 Å². The van der Waals surface area contributed by atoms with Crippen molar-refractivity contribution in [2.75, 3.05) is 6.54 Å². The zero-order valence-corrected chi connectivity index (χ0v) is 13.6. The molecular weight excluding hydrogens is 306 g/mol. The van der Waals surface area contributed by atoms with Crippen molar-refractivity contribution >= 4 is 11.9 Å². The summed E-state index contributed by atoms with van der Waals surface area (Å²) in [6.45, 7) is 2.49. The van der Waals surface area contributed by atoms with E-state index < -0.39 is 29.5 Å². The molecule has 4 rings (SSSR count). The Morgan fingerprint density at radius 1 is 1.42 bits per heavy atom. The lowest BCUT2D eigenvalue weighted by Crippen LogP contribution is -2.40. The van der Waals surface area contributed by atoms with Crippen LogP contribution in [0.1, 0.15) is 18.9 Å². The van der Waals surface area contributed by atoms with Crippen LogP contribution in [0.2, 0.25) is 0 Å². The van der Waals surface area contributed by atoms with Crippen LogP contribution in [0.5, 0.6) is 0 Å². The summed E-state index contributed by atoms with van der Waals surface area (Å²) in [5, 5.41) is 9.49. The normalized spacial score (nSPS) is 34.6. The predicted molar refractivity (Wildman–Crippen MR) is 87.3 cm³/mol. The highest BCUT2D eigenvalue weighted by atomic mass is 16.5. The van der Waals surface area contributed by atoms with Gasteiger partial charge in [0, 0.05) is 6.04 Å². The second-order valence-electron chi connectivity index (χ2n) is 7.08. The van der Waals surface area contributed by atoms with Crippen molar-refractivity contribution in [2.45, 2.75) is 37.5 Å². The van der Waals surface area contributed by atoms with Gasteiger partial charge in [-0.25, -0.2) is 0 Å². The van der Waals surface area contributed by atoms with E-state index in [4.69, 9.17) is 4.74 Å². The smallest absolute Gasteiger partial charge is 0.310 e. The number of hydrogen-bond acceptors (Lipinski definition) is 3. The maximum Gasteiger partial charge on any atom is 0.310 e. The first-order chi connectivity index (χ1) is 11.5. The van der Waals surface area contributed by atoms with Crippen molar-refractivity contribution < 1.29 is 19.4 Å². The Morgan fingerprint density at radius 2 is 2.17 bits per heavy atom. The van der Waals surface area contributed by atoms with E-state index in [2.05, 4.69) is 12.1 Å². The fourth-order valence-corrected chi connectivity index (χ4v) is 4.36. The van der Waals surface area contributed by atoms with Gasteiger partial charge in [0.1, 0.15) is 11.5 Å². The van der Waals surface area contributed by atoms with E-state index in [1.54, 1.807) is 6.08 Å². The molecule has 1 aromatic carbocycles. The van der Waals surface area contributed by atoms with E-state index >= 15 is 0 Å². The summed E-state index contributed by atoms with van der Waals surface area (Å²) in [5.41, 5.74) is 0.515. The Labute approximate surface area is 140 Å². The lowest BCUT2D eigenvalue weighted by molar-refractivity contribution is -0.148. The number of ether oxygens (including phenoxy) is 1. The highest BCUT2D eigenvalue weighted by Gasteiger charge is 2.67. The van der Waals surface area contributed by atoms with Crippen molar-refractivity contribution in [3.8, 4) is 0 Å². The van der Waals surface area contributed by atoms with Crippen LogP contribution in [0, 0.1) is 11.8 Å². The minimum atomic E-state index is -0.941. The number of carboxylic acid groups (broad SMARTS) is 1. The summed E-state index contributed by atoms with van der Waals surface area (Å²) in [6.07, 6.45) is 5.00. The maximum atomic E-state index is 12.9. The molecule has 0 saturated carbocycles. The van der Waals surface area contributed by atoms with Gasteiger partial charge in [0.05, 0.1) is 18.6 Å². The monoisotopic (exact) mass is 327 g/mol. The summed E-state index contributed by atoms with van der Waals surface area (Å²) in [5.74, 6) is -2.35. The number of aliphatic carboxylic acids is 1. The molecule has 5 nitrogen and oxygen atoms in total. The van der Waals surface area contributed by atoms with Crippen LogP contribution in [0.3, 0.4) is 0 Å². The Hall–Kier alpha value is -2.14. The molecule has 0 radical (unpaired) electrons. The first-order valence-electron chi connectivity index (χ1n) is 8.46. The SMILES string of the molecule is C[C@H](CCc1ccccc1)N1C[C@@]23C=C[C@@H](O2)[C@H](C(=O)O)[C@@H]3C1=O. The molecular formula is C19H21NO4. The largest absolute Gasteiger partial charge is 0.481 e. The molecule has 1 amide bonds. The molecule has 3 aliphatic rings. The number of likely N-dealkylation sites (tertiary alicyclic amines) is 1. The van der Waals surface area contributed by atoms with Crippen molar-refractivity contribution in [2.24, 2.45) is 11.8 Å². The van der Waals surface area contributed by atoms with Crippen LogP contribution >= 0.6 is 0 Å². The fraction of sp³-hybridized carbons (Fsp3) is 0.474. The molecule has 2 saturated heterocycles. The van der Waals surface area contributed by atoms with E-state index in [1.165, 1.54) is 5.56 Å². The number of amides is 1. The zero-order valence-electron chi connectivity index (χ0n) is 13.6. The summed E-state index contributed by atoms with van der Waals surface area (Å²) in [4.78, 5) is 26.3. The molecule has 0 unspecified atom stereocenters. The number of benzene rings is 1. The molecule has 2 fully saturated rings. The van der Waals surface area contributed by atoms with Gasteiger partial charge in [0.15, 0.2) is 0 Å². The van der Waals surface area contributed by atoms with E-state index in [9.17, 15) is 14.7 Å². The Kier molecular flexibility index (Phi) is 3.49. The number of carboxylic acids is 1. The third-order valence-electron chi connectivity index (χ3n) is 5.64. The van der Waals surface area contributed by atoms with Gasteiger partial charge in [-0.3, -0.25) is 9.59 Å². The van der Waals surface area contributed by atoms with E-state index in [0.29, 0.717) is 6.54 Å². The molecule has 24 heavy (non-hydrogen) atoms. The number of aryl methyl sites for hydroxylation is 1. The van der Waals surface area contributed by atoms with Crippen LogP contribution in [0.15, 0.2) is 42.5 Å². The second kappa shape index (κ2) is 5.45. The number of nitrogens with zero attached hydrogens (tertiary/aromatic N) is 1. The molecule has 0 aliphatic carbocycles. The molecule has 1 aromatic rings. The van der Waals surface area contributed by atoms with Crippen LogP contribution in [0.4, 0.5) is 0 Å². The highest BCUT2D eigenvalue weighted by molar-refractivity contribution is 5.90. The molecule has 5 heteroatoms. The van der Waals surface area contributed by atoms with Gasteiger partial charge in [-0.15, -0.1) is 0 Å². The van der Waals surface area contributed by atoms with Crippen LogP contribution in [0.25, 0.3) is 0 Å². The molecule has 1 N–H and O–H groups in total. The average Bonchev–Trinajstić information content (AvgIpc) is 3.22. The molecule has 2 bridgehead atoms. The average molecular weight is 327 g/mol. The number of carbonyl (C=O) groups is 2. The number of hydrogen-bond donors (Lipinski definition) is 1. The molecule has 126 valence electrons. The standard InChI is InChI=1S/C19H21NO4/c1-12(7-8-13-5-3-2-4-6-13)20-11-19-10-9-14(24-19)15(18(22)23)16(19)17(20)21/h2-6,9-10,12,14-16H,7-8,11H2,1H3,(H,22,23)/t12-,14-,15+,16-,19-/m1/s1. The first-order valence-corrected chi connectivity index (χ1v) is 8.46. The summed E-state index contributed by atoms with van der Waals surface area (Å²) < 4.78 is 5.92. The second-order valence-corrected chi connectivity index (χ2v) is 7.08. The van der Waals surface area contributed by atoms with Crippen LogP contribution in [-0.2, 0) is 20.7 Å². The van der Waals surface area contributed by atoms with Gasteiger partial charge in [0.25, 0.3) is 0 Å². The molecule has 3 aliphatic heterocycles. The predicted octanol–water partition coefficient (Wildman–Crippen LogP) is 1.87. The Morgan fingerprint density at radius 3 is 2.88 bits per heavy atom. The minimum Gasteiger partial charge on any atom is -0.481 e. The summed E-state index contributed by atoms with van der Waals surface area (Å²) in [7, 11) is 0. The third-order valence-corrected chi connectivity index (χ3v) is 5.64. The van der Waals surface area contributed by atoms with Gasteiger partial charge in [-0.2, -0.15) is 0 Å². The van der Waals surface area contributed by atoms with Gasteiger partial charge >= 0.3 is 5.97 Å². The van der Waals surface area contributed by atoms with Crippen molar-refractivity contribution in [1.82, 2.24) is 4.90 Å². The number of carbonyl (C=O) groups excluding carboxylic acids is 1. The topological polar surface area (TPSA) is 66.8 Å². The van der Waals surface area contributed by atoms with Crippen molar-refractivity contribution in [3.63, 3.8) is 0 Å². The third kappa shape index (κ3) is 2.18. The maximum absolute atomic E-state index is 12.9. The van der Waals surface area contributed by atoms with E-state index in [0.717, 1.165) is 12.8 Å². The van der Waals surface area contributed by atoms with Gasteiger partial charge in [0.2, 0.25) is 5.91 Å². The summed E-state index contributed by atoms with van der Waals surface area (Å²) in [6, 6.07) is 10.2. The van der Waals surface area contributed by atoms with Crippen molar-refractivity contribution in [3.05, 3.63) is 48.0 Å². The fourth-order valence-electron chi connectivity index (χ4n) is 4.36. The van der Waals surface area contributed by atoms with Crippen molar-refractivity contribution in [1.29, 1.82) is 0 Å². The lowest BCUT2D eigenvalue weighted by atomic mass is 9.77. The zero-order chi connectivity index (χ0) is 16.9. The van der Waals surface area contributed by atoms with E-state index in [-0.39, 0.29) is 11.9 Å². The molecule has 0 aromatic heterocycles. The van der Waals surface area contributed by atoms with Crippen LogP contribution < -0.4 is 0 Å². The Balaban J connectivity index is 1.49. The minimum absolute atomic E-state index is 0.0585. The summed E-state index contributed by atoms with van der Waals surface area (Å²) >= 11 is 0. The quantitative estimate of drug-likeness (QED) is 0.839. The lowest BCUT2D eigenvalue weighted by Gasteiger charge is -2.27. The van der Waals surface area contributed by atoms with E-state index in [1.807, 2.05) is 36.1 Å². The number of fused-ring (bicyclic) bond motifs is 1. The highest BCUT2D eigenvalue weighted by Crippen LogP contribution is 2.52. The Bertz CT molecular complexity index is 701. The first kappa shape index (κ1) is 15.4.